The Labute approximate surface area is 85.8 Å². The molecule has 1 aliphatic heterocycles. The second-order valence-corrected chi connectivity index (χ2v) is 2.92. The second-order valence-electron chi connectivity index (χ2n) is 2.92. The SMILES string of the molecule is COc1ccccc1C1=NC(=O)NC1=O. The van der Waals surface area contributed by atoms with Crippen LogP contribution < -0.4 is 10.1 Å². The molecule has 0 saturated heterocycles. The molecule has 15 heavy (non-hydrogen) atoms. The molecular weight excluding hydrogens is 196 g/mol. The lowest BCUT2D eigenvalue weighted by molar-refractivity contribution is -0.113. The van der Waals surface area contributed by atoms with Gasteiger partial charge in [0.05, 0.1) is 7.11 Å². The molecule has 2 rings (SSSR count). The molecule has 5 nitrogen and oxygen atoms in total. The maximum atomic E-state index is 11.3. The van der Waals surface area contributed by atoms with Crippen molar-refractivity contribution in [3.05, 3.63) is 29.8 Å². The zero-order valence-corrected chi connectivity index (χ0v) is 7.98. The molecule has 1 N–H and O–H groups in total. The van der Waals surface area contributed by atoms with E-state index in [1.54, 1.807) is 24.3 Å². The third-order valence-electron chi connectivity index (χ3n) is 2.01. The van der Waals surface area contributed by atoms with Crippen LogP contribution in [0.2, 0.25) is 0 Å². The van der Waals surface area contributed by atoms with Gasteiger partial charge in [0.2, 0.25) is 0 Å². The predicted molar refractivity (Wildman–Crippen MR) is 53.1 cm³/mol. The second kappa shape index (κ2) is 3.53. The number of aliphatic imine (C=N–C) groups is 1. The molecular formula is C10H8N2O3. The summed E-state index contributed by atoms with van der Waals surface area (Å²) in [5, 5.41) is 2.08. The van der Waals surface area contributed by atoms with Crippen LogP contribution in [0.4, 0.5) is 4.79 Å². The number of hydrogen-bond donors (Lipinski definition) is 1. The van der Waals surface area contributed by atoms with Crippen molar-refractivity contribution in [2.45, 2.75) is 0 Å². The minimum Gasteiger partial charge on any atom is -0.496 e. The van der Waals surface area contributed by atoms with Gasteiger partial charge in [-0.15, -0.1) is 0 Å². The number of nitrogens with one attached hydrogen (secondary N) is 1. The Morgan fingerprint density at radius 3 is 2.60 bits per heavy atom. The van der Waals surface area contributed by atoms with E-state index in [2.05, 4.69) is 10.3 Å². The Morgan fingerprint density at radius 2 is 2.00 bits per heavy atom. The van der Waals surface area contributed by atoms with Crippen LogP contribution in [0.25, 0.3) is 0 Å². The Kier molecular flexibility index (Phi) is 2.21. The maximum absolute atomic E-state index is 11.3. The van der Waals surface area contributed by atoms with E-state index < -0.39 is 11.9 Å². The molecule has 76 valence electrons. The van der Waals surface area contributed by atoms with Crippen molar-refractivity contribution in [3.8, 4) is 5.75 Å². The van der Waals surface area contributed by atoms with Crippen molar-refractivity contribution in [1.82, 2.24) is 5.32 Å². The van der Waals surface area contributed by atoms with Crippen molar-refractivity contribution in [2.75, 3.05) is 7.11 Å². The Hall–Kier alpha value is -2.17. The maximum Gasteiger partial charge on any atom is 0.348 e. The lowest BCUT2D eigenvalue weighted by Gasteiger charge is -2.05. The Morgan fingerprint density at radius 1 is 1.27 bits per heavy atom. The molecule has 0 fully saturated rings. The number of carbonyl (C=O) groups excluding carboxylic acids is 2. The number of imide groups is 1. The first-order chi connectivity index (χ1) is 7.22. The quantitative estimate of drug-likeness (QED) is 0.772. The van der Waals surface area contributed by atoms with Crippen LogP contribution >= 0.6 is 0 Å². The molecule has 0 spiro atoms. The van der Waals surface area contributed by atoms with Gasteiger partial charge in [0, 0.05) is 5.56 Å². The number of hydrogen-bond acceptors (Lipinski definition) is 3. The zero-order chi connectivity index (χ0) is 10.8. The van der Waals surface area contributed by atoms with E-state index in [0.29, 0.717) is 11.3 Å². The largest absolute Gasteiger partial charge is 0.496 e. The molecule has 0 radical (unpaired) electrons. The van der Waals surface area contributed by atoms with Gasteiger partial charge in [-0.1, -0.05) is 12.1 Å². The van der Waals surface area contributed by atoms with E-state index in [9.17, 15) is 9.59 Å². The van der Waals surface area contributed by atoms with Crippen LogP contribution in [0, 0.1) is 0 Å². The molecule has 0 unspecified atom stereocenters. The summed E-state index contributed by atoms with van der Waals surface area (Å²) in [7, 11) is 1.49. The minimum absolute atomic E-state index is 0.0949. The molecule has 5 heteroatoms. The van der Waals surface area contributed by atoms with E-state index in [1.807, 2.05) is 0 Å². The number of para-hydroxylation sites is 1. The molecule has 1 aliphatic rings. The lowest BCUT2D eigenvalue weighted by Crippen LogP contribution is -2.25. The number of nitrogens with zero attached hydrogens (tertiary/aromatic N) is 1. The molecule has 0 aliphatic carbocycles. The first-order valence-corrected chi connectivity index (χ1v) is 4.30. The highest BCUT2D eigenvalue weighted by molar-refractivity contribution is 6.52. The number of rotatable bonds is 2. The molecule has 1 heterocycles. The minimum atomic E-state index is -0.638. The van der Waals surface area contributed by atoms with E-state index >= 15 is 0 Å². The third kappa shape index (κ3) is 1.59. The lowest BCUT2D eigenvalue weighted by atomic mass is 10.1. The van der Waals surface area contributed by atoms with Gasteiger partial charge in [0.25, 0.3) is 5.91 Å². The van der Waals surface area contributed by atoms with Gasteiger partial charge in [-0.25, -0.2) is 4.79 Å². The molecule has 3 amide bonds. The molecule has 1 aromatic carbocycles. The van der Waals surface area contributed by atoms with Gasteiger partial charge in [-0.05, 0) is 12.1 Å². The number of urea groups is 1. The summed E-state index contributed by atoms with van der Waals surface area (Å²) < 4.78 is 5.07. The number of ether oxygens (including phenoxy) is 1. The van der Waals surface area contributed by atoms with Gasteiger partial charge in [-0.2, -0.15) is 4.99 Å². The average molecular weight is 204 g/mol. The number of amides is 3. The Balaban J connectivity index is 2.50. The van der Waals surface area contributed by atoms with Crippen molar-refractivity contribution in [1.29, 1.82) is 0 Å². The fraction of sp³-hybridized carbons (Fsp3) is 0.100. The third-order valence-corrected chi connectivity index (χ3v) is 2.01. The number of methoxy groups -OCH3 is 1. The highest BCUT2D eigenvalue weighted by Gasteiger charge is 2.26. The van der Waals surface area contributed by atoms with Gasteiger partial charge in [0.15, 0.2) is 0 Å². The van der Waals surface area contributed by atoms with E-state index in [4.69, 9.17) is 4.74 Å². The topological polar surface area (TPSA) is 67.8 Å². The van der Waals surface area contributed by atoms with Crippen molar-refractivity contribution < 1.29 is 14.3 Å². The van der Waals surface area contributed by atoms with Gasteiger partial charge in [-0.3, -0.25) is 10.1 Å². The first-order valence-electron chi connectivity index (χ1n) is 4.30. The highest BCUT2D eigenvalue weighted by Crippen LogP contribution is 2.19. The normalized spacial score (nSPS) is 14.9. The molecule has 1 aromatic rings. The van der Waals surface area contributed by atoms with Crippen LogP contribution in [-0.4, -0.2) is 24.8 Å². The fourth-order valence-corrected chi connectivity index (χ4v) is 1.36. The summed E-state index contributed by atoms with van der Waals surface area (Å²) in [5.41, 5.74) is 0.612. The predicted octanol–water partition coefficient (Wildman–Crippen LogP) is 0.734. The monoisotopic (exact) mass is 204 g/mol. The average Bonchev–Trinajstić information content (AvgIpc) is 2.57. The number of benzene rings is 1. The fourth-order valence-electron chi connectivity index (χ4n) is 1.36. The van der Waals surface area contributed by atoms with E-state index in [-0.39, 0.29) is 5.71 Å². The van der Waals surface area contributed by atoms with Crippen LogP contribution in [0.1, 0.15) is 5.56 Å². The molecule has 0 saturated carbocycles. The van der Waals surface area contributed by atoms with Crippen molar-refractivity contribution in [2.24, 2.45) is 4.99 Å². The van der Waals surface area contributed by atoms with Crippen molar-refractivity contribution in [3.63, 3.8) is 0 Å². The highest BCUT2D eigenvalue weighted by atomic mass is 16.5. The van der Waals surface area contributed by atoms with Crippen LogP contribution in [0.15, 0.2) is 29.3 Å². The van der Waals surface area contributed by atoms with Gasteiger partial charge in [0.1, 0.15) is 11.5 Å². The summed E-state index contributed by atoms with van der Waals surface area (Å²) in [5.74, 6) is 0.0191. The van der Waals surface area contributed by atoms with E-state index in [1.165, 1.54) is 7.11 Å². The van der Waals surface area contributed by atoms with Crippen molar-refractivity contribution >= 4 is 17.6 Å². The summed E-state index contributed by atoms with van der Waals surface area (Å²) in [6, 6.07) is 6.26. The standard InChI is InChI=1S/C10H8N2O3/c1-15-7-5-3-2-4-6(7)8-9(13)12-10(14)11-8/h2-5H,1H3,(H,12,13,14). The summed E-state index contributed by atoms with van der Waals surface area (Å²) >= 11 is 0. The van der Waals surface area contributed by atoms with Crippen LogP contribution in [-0.2, 0) is 4.79 Å². The van der Waals surface area contributed by atoms with Crippen LogP contribution in [0.3, 0.4) is 0 Å². The van der Waals surface area contributed by atoms with Gasteiger partial charge < -0.3 is 4.74 Å². The molecule has 0 atom stereocenters. The summed E-state index contributed by atoms with van der Waals surface area (Å²) in [6.45, 7) is 0. The van der Waals surface area contributed by atoms with Crippen LogP contribution in [0.5, 0.6) is 5.75 Å². The molecule has 0 bridgehead atoms. The first kappa shape index (κ1) is 9.39. The van der Waals surface area contributed by atoms with E-state index in [0.717, 1.165) is 0 Å². The zero-order valence-electron chi connectivity index (χ0n) is 7.98. The van der Waals surface area contributed by atoms with Gasteiger partial charge >= 0.3 is 6.03 Å². The summed E-state index contributed by atoms with van der Waals surface area (Å²) in [6.07, 6.45) is 0. The molecule has 0 aromatic heterocycles. The number of carbonyl (C=O) groups is 2. The summed E-state index contributed by atoms with van der Waals surface area (Å²) in [4.78, 5) is 25.8. The smallest absolute Gasteiger partial charge is 0.348 e. The Bertz CT molecular complexity index is 465.